The third-order valence-corrected chi connectivity index (χ3v) is 2.36. The van der Waals surface area contributed by atoms with Gasteiger partial charge in [0.25, 0.3) is 0 Å². The molecule has 0 aromatic carbocycles. The molecule has 0 unspecified atom stereocenters. The topological polar surface area (TPSA) is 52.3 Å². The Morgan fingerprint density at radius 1 is 1.64 bits per heavy atom. The number of alkyl halides is 1. The molecule has 14 heavy (non-hydrogen) atoms. The van der Waals surface area contributed by atoms with Gasteiger partial charge >= 0.3 is 5.97 Å². The summed E-state index contributed by atoms with van der Waals surface area (Å²) in [6, 6.07) is 0. The maximum absolute atomic E-state index is 11.4. The van der Waals surface area contributed by atoms with Gasteiger partial charge in [0.05, 0.1) is 12.4 Å². The van der Waals surface area contributed by atoms with Gasteiger partial charge in [0, 0.05) is 6.42 Å². The smallest absolute Gasteiger partial charge is 0.343 e. The molecule has 0 aliphatic rings. The Hall–Kier alpha value is -0.840. The zero-order valence-electron chi connectivity index (χ0n) is 8.17. The molecule has 0 aliphatic carbocycles. The molecule has 5 heteroatoms. The molecular formula is C9H12BrNO3. The average Bonchev–Trinajstić information content (AvgIpc) is 2.60. The van der Waals surface area contributed by atoms with Crippen molar-refractivity contribution < 1.29 is 14.1 Å². The predicted molar refractivity (Wildman–Crippen MR) is 54.5 cm³/mol. The fourth-order valence-corrected chi connectivity index (χ4v) is 1.57. The zero-order chi connectivity index (χ0) is 10.6. The molecule has 0 radical (unpaired) electrons. The Kier molecular flexibility index (Phi) is 4.13. The van der Waals surface area contributed by atoms with Crippen molar-refractivity contribution in [2.45, 2.75) is 25.1 Å². The second-order valence-corrected chi connectivity index (χ2v) is 3.36. The molecule has 0 fully saturated rings. The van der Waals surface area contributed by atoms with Crippen LogP contribution in [0, 0.1) is 0 Å². The summed E-state index contributed by atoms with van der Waals surface area (Å²) in [4.78, 5) is 11.4. The maximum Gasteiger partial charge on any atom is 0.343 e. The fraction of sp³-hybridized carbons (Fsp3) is 0.556. The minimum atomic E-state index is -0.385. The first-order valence-electron chi connectivity index (χ1n) is 4.36. The lowest BCUT2D eigenvalue weighted by Crippen LogP contribution is -2.06. The molecular weight excluding hydrogens is 250 g/mol. The summed E-state index contributed by atoms with van der Waals surface area (Å²) in [6.45, 7) is 2.01. The highest BCUT2D eigenvalue weighted by Gasteiger charge is 2.21. The Morgan fingerprint density at radius 3 is 2.86 bits per heavy atom. The summed E-state index contributed by atoms with van der Waals surface area (Å²) in [5, 5.41) is 4.29. The number of carbonyl (C=O) groups is 1. The van der Waals surface area contributed by atoms with Crippen molar-refractivity contribution in [1.29, 1.82) is 0 Å². The van der Waals surface area contributed by atoms with E-state index in [0.717, 1.165) is 6.42 Å². The molecule has 0 saturated carbocycles. The molecule has 1 heterocycles. The van der Waals surface area contributed by atoms with Gasteiger partial charge in [0.1, 0.15) is 11.3 Å². The van der Waals surface area contributed by atoms with Gasteiger partial charge in [0.15, 0.2) is 5.76 Å². The standard InChI is InChI=1S/C9H12BrNO3/c1-3-4-7-8(9(12)13-2)6(5-10)11-14-7/h3-5H2,1-2H3. The summed E-state index contributed by atoms with van der Waals surface area (Å²) in [5.74, 6) is 0.220. The van der Waals surface area contributed by atoms with Gasteiger partial charge in [0.2, 0.25) is 0 Å². The third kappa shape index (κ3) is 2.15. The number of rotatable bonds is 4. The van der Waals surface area contributed by atoms with Crippen LogP contribution in [-0.4, -0.2) is 18.2 Å². The number of carbonyl (C=O) groups excluding carboxylic acids is 1. The molecule has 1 rings (SSSR count). The molecule has 0 bridgehead atoms. The van der Waals surface area contributed by atoms with E-state index in [0.29, 0.717) is 28.8 Å². The van der Waals surface area contributed by atoms with Crippen LogP contribution in [0.25, 0.3) is 0 Å². The summed E-state index contributed by atoms with van der Waals surface area (Å²) < 4.78 is 9.73. The van der Waals surface area contributed by atoms with Crippen molar-refractivity contribution in [3.63, 3.8) is 0 Å². The first-order valence-corrected chi connectivity index (χ1v) is 5.48. The molecule has 0 aliphatic heterocycles. The molecule has 78 valence electrons. The van der Waals surface area contributed by atoms with Crippen molar-refractivity contribution in [3.05, 3.63) is 17.0 Å². The Morgan fingerprint density at radius 2 is 2.36 bits per heavy atom. The van der Waals surface area contributed by atoms with Crippen molar-refractivity contribution >= 4 is 21.9 Å². The summed E-state index contributed by atoms with van der Waals surface area (Å²) in [7, 11) is 1.35. The van der Waals surface area contributed by atoms with Gasteiger partial charge in [-0.15, -0.1) is 0 Å². The lowest BCUT2D eigenvalue weighted by Gasteiger charge is -1.98. The maximum atomic E-state index is 11.4. The number of hydrogen-bond acceptors (Lipinski definition) is 4. The molecule has 0 amide bonds. The van der Waals surface area contributed by atoms with Crippen molar-refractivity contribution in [2.24, 2.45) is 0 Å². The first-order chi connectivity index (χ1) is 6.74. The fourth-order valence-electron chi connectivity index (χ4n) is 1.19. The second kappa shape index (κ2) is 5.14. The summed E-state index contributed by atoms with van der Waals surface area (Å²) >= 11 is 3.24. The highest BCUT2D eigenvalue weighted by Crippen LogP contribution is 2.19. The highest BCUT2D eigenvalue weighted by molar-refractivity contribution is 9.08. The van der Waals surface area contributed by atoms with Crippen LogP contribution >= 0.6 is 15.9 Å². The summed E-state index contributed by atoms with van der Waals surface area (Å²) in [6.07, 6.45) is 1.60. The van der Waals surface area contributed by atoms with Crippen LogP contribution in [0.3, 0.4) is 0 Å². The van der Waals surface area contributed by atoms with E-state index in [9.17, 15) is 4.79 Å². The highest BCUT2D eigenvalue weighted by atomic mass is 79.9. The van der Waals surface area contributed by atoms with E-state index >= 15 is 0 Å². The monoisotopic (exact) mass is 261 g/mol. The van der Waals surface area contributed by atoms with E-state index in [2.05, 4.69) is 25.8 Å². The van der Waals surface area contributed by atoms with Crippen molar-refractivity contribution in [1.82, 2.24) is 5.16 Å². The molecule has 0 spiro atoms. The van der Waals surface area contributed by atoms with Crippen LogP contribution in [0.5, 0.6) is 0 Å². The zero-order valence-corrected chi connectivity index (χ0v) is 9.76. The largest absolute Gasteiger partial charge is 0.465 e. The van der Waals surface area contributed by atoms with Crippen molar-refractivity contribution in [2.75, 3.05) is 7.11 Å². The summed E-state index contributed by atoms with van der Waals surface area (Å²) in [5.41, 5.74) is 1.06. The SMILES string of the molecule is CCCc1onc(CBr)c1C(=O)OC. The molecule has 1 aromatic rings. The number of aryl methyl sites for hydroxylation is 1. The molecule has 0 saturated heterocycles. The number of nitrogens with zero attached hydrogens (tertiary/aromatic N) is 1. The molecule has 0 N–H and O–H groups in total. The van der Waals surface area contributed by atoms with E-state index in [1.807, 2.05) is 6.92 Å². The predicted octanol–water partition coefficient (Wildman–Crippen LogP) is 2.31. The van der Waals surface area contributed by atoms with Gasteiger partial charge in [-0.1, -0.05) is 28.0 Å². The van der Waals surface area contributed by atoms with Crippen LogP contribution in [0.4, 0.5) is 0 Å². The quantitative estimate of drug-likeness (QED) is 0.617. The van der Waals surface area contributed by atoms with E-state index in [1.54, 1.807) is 0 Å². The Balaban J connectivity index is 3.05. The lowest BCUT2D eigenvalue weighted by molar-refractivity contribution is 0.0597. The van der Waals surface area contributed by atoms with Crippen molar-refractivity contribution in [3.8, 4) is 0 Å². The van der Waals surface area contributed by atoms with Crippen LogP contribution < -0.4 is 0 Å². The van der Waals surface area contributed by atoms with Crippen LogP contribution in [0.1, 0.15) is 35.2 Å². The first kappa shape index (κ1) is 11.2. The number of esters is 1. The second-order valence-electron chi connectivity index (χ2n) is 2.80. The molecule has 4 nitrogen and oxygen atoms in total. The van der Waals surface area contributed by atoms with E-state index in [4.69, 9.17) is 4.52 Å². The van der Waals surface area contributed by atoms with Crippen LogP contribution in [0.15, 0.2) is 4.52 Å². The van der Waals surface area contributed by atoms with Gasteiger partial charge in [-0.05, 0) is 6.42 Å². The number of halogens is 1. The Labute approximate surface area is 90.7 Å². The molecule has 0 atom stereocenters. The number of hydrogen-bond donors (Lipinski definition) is 0. The number of aromatic nitrogens is 1. The lowest BCUT2D eigenvalue weighted by atomic mass is 10.1. The average molecular weight is 262 g/mol. The van der Waals surface area contributed by atoms with Gasteiger partial charge in [-0.2, -0.15) is 0 Å². The van der Waals surface area contributed by atoms with E-state index < -0.39 is 0 Å². The van der Waals surface area contributed by atoms with E-state index in [1.165, 1.54) is 7.11 Å². The van der Waals surface area contributed by atoms with E-state index in [-0.39, 0.29) is 5.97 Å². The minimum absolute atomic E-state index is 0.385. The minimum Gasteiger partial charge on any atom is -0.465 e. The van der Waals surface area contributed by atoms with Gasteiger partial charge < -0.3 is 9.26 Å². The van der Waals surface area contributed by atoms with Gasteiger partial charge in [-0.25, -0.2) is 4.79 Å². The van der Waals surface area contributed by atoms with Gasteiger partial charge in [-0.3, -0.25) is 0 Å². The number of ether oxygens (including phenoxy) is 1. The normalized spacial score (nSPS) is 10.2. The molecule has 1 aromatic heterocycles. The van der Waals surface area contributed by atoms with Crippen LogP contribution in [0.2, 0.25) is 0 Å². The Bertz CT molecular complexity index is 322. The van der Waals surface area contributed by atoms with Crippen LogP contribution in [-0.2, 0) is 16.5 Å². The number of methoxy groups -OCH3 is 1. The third-order valence-electron chi connectivity index (χ3n) is 1.83.